The van der Waals surface area contributed by atoms with Crippen molar-refractivity contribution in [1.82, 2.24) is 5.32 Å². The maximum absolute atomic E-state index is 13.2. The quantitative estimate of drug-likeness (QED) is 0.794. The number of amides is 2. The molecule has 0 saturated carbocycles. The van der Waals surface area contributed by atoms with E-state index in [4.69, 9.17) is 0 Å². The molecule has 2 aromatic carbocycles. The number of hydrogen-bond acceptors (Lipinski definition) is 2. The zero-order valence-electron chi connectivity index (χ0n) is 13.8. The number of halogens is 4. The molecule has 140 valence electrons. The van der Waals surface area contributed by atoms with Crippen molar-refractivity contribution in [2.75, 3.05) is 5.32 Å². The standard InChI is InChI=1S/C19H14F4N2O2/c20-12-7-5-11(6-8-12)13-9-17(26)24-10-14(13)18(27)25-16-4-2-1-3-15(16)19(21,22)23/h1-8,10,13H,9H2,(H,24,26)(H,25,27). The van der Waals surface area contributed by atoms with Gasteiger partial charge in [0.2, 0.25) is 5.91 Å². The fourth-order valence-electron chi connectivity index (χ4n) is 2.86. The number of para-hydroxylation sites is 1. The van der Waals surface area contributed by atoms with E-state index in [-0.39, 0.29) is 23.6 Å². The van der Waals surface area contributed by atoms with Crippen molar-refractivity contribution in [1.29, 1.82) is 0 Å². The summed E-state index contributed by atoms with van der Waals surface area (Å²) in [6.07, 6.45) is -3.54. The van der Waals surface area contributed by atoms with Crippen LogP contribution >= 0.6 is 0 Å². The zero-order valence-corrected chi connectivity index (χ0v) is 13.8. The minimum atomic E-state index is -4.63. The molecule has 4 nitrogen and oxygen atoms in total. The van der Waals surface area contributed by atoms with E-state index in [0.717, 1.165) is 12.1 Å². The first kappa shape index (κ1) is 18.6. The van der Waals surface area contributed by atoms with Crippen LogP contribution in [0.25, 0.3) is 0 Å². The molecule has 0 aliphatic carbocycles. The van der Waals surface area contributed by atoms with Crippen LogP contribution in [0.15, 0.2) is 60.3 Å². The molecule has 27 heavy (non-hydrogen) atoms. The first-order valence-electron chi connectivity index (χ1n) is 7.98. The molecule has 0 saturated heterocycles. The Hall–Kier alpha value is -3.16. The second-order valence-corrected chi connectivity index (χ2v) is 5.97. The number of carbonyl (C=O) groups is 2. The van der Waals surface area contributed by atoms with E-state index in [1.54, 1.807) is 0 Å². The fraction of sp³-hybridized carbons (Fsp3) is 0.158. The van der Waals surface area contributed by atoms with Gasteiger partial charge in [-0.15, -0.1) is 0 Å². The molecule has 0 aromatic heterocycles. The lowest BCUT2D eigenvalue weighted by Gasteiger charge is -2.24. The van der Waals surface area contributed by atoms with Gasteiger partial charge in [0.15, 0.2) is 0 Å². The number of carbonyl (C=O) groups excluding carboxylic acids is 2. The molecule has 8 heteroatoms. The highest BCUT2D eigenvalue weighted by molar-refractivity contribution is 6.06. The average molecular weight is 378 g/mol. The van der Waals surface area contributed by atoms with Crippen molar-refractivity contribution in [3.63, 3.8) is 0 Å². The molecule has 2 N–H and O–H groups in total. The maximum Gasteiger partial charge on any atom is 0.418 e. The molecular weight excluding hydrogens is 364 g/mol. The van der Waals surface area contributed by atoms with E-state index >= 15 is 0 Å². The number of rotatable bonds is 3. The van der Waals surface area contributed by atoms with Crippen LogP contribution in [0.1, 0.15) is 23.5 Å². The summed E-state index contributed by atoms with van der Waals surface area (Å²) in [5.74, 6) is -2.30. The van der Waals surface area contributed by atoms with Crippen LogP contribution in [0.5, 0.6) is 0 Å². The van der Waals surface area contributed by atoms with E-state index < -0.39 is 29.4 Å². The molecule has 0 bridgehead atoms. The van der Waals surface area contributed by atoms with Gasteiger partial charge in [-0.25, -0.2) is 4.39 Å². The van der Waals surface area contributed by atoms with E-state index in [1.165, 1.54) is 42.6 Å². The Labute approximate surface area is 151 Å². The molecule has 1 heterocycles. The fourth-order valence-corrected chi connectivity index (χ4v) is 2.86. The maximum atomic E-state index is 13.2. The Balaban J connectivity index is 1.91. The third-order valence-electron chi connectivity index (χ3n) is 4.17. The number of nitrogens with one attached hydrogen (secondary N) is 2. The van der Waals surface area contributed by atoms with E-state index in [0.29, 0.717) is 5.56 Å². The van der Waals surface area contributed by atoms with Gasteiger partial charge in [-0.2, -0.15) is 13.2 Å². The lowest BCUT2D eigenvalue weighted by atomic mass is 9.86. The summed E-state index contributed by atoms with van der Waals surface area (Å²) in [7, 11) is 0. The Kier molecular flexibility index (Phi) is 4.98. The minimum Gasteiger partial charge on any atom is -0.332 e. The van der Waals surface area contributed by atoms with Crippen molar-refractivity contribution in [2.45, 2.75) is 18.5 Å². The second-order valence-electron chi connectivity index (χ2n) is 5.97. The van der Waals surface area contributed by atoms with Crippen molar-refractivity contribution >= 4 is 17.5 Å². The number of anilines is 1. The predicted molar refractivity (Wildman–Crippen MR) is 90.1 cm³/mol. The van der Waals surface area contributed by atoms with E-state index in [1.807, 2.05) is 0 Å². The summed E-state index contributed by atoms with van der Waals surface area (Å²) in [5.41, 5.74) is -0.766. The van der Waals surface area contributed by atoms with Crippen LogP contribution in [0.4, 0.5) is 23.2 Å². The highest BCUT2D eigenvalue weighted by Gasteiger charge is 2.35. The molecule has 2 amide bonds. The minimum absolute atomic E-state index is 0.0776. The van der Waals surface area contributed by atoms with Gasteiger partial charge in [0.25, 0.3) is 5.91 Å². The van der Waals surface area contributed by atoms with Gasteiger partial charge in [0.05, 0.1) is 11.3 Å². The zero-order chi connectivity index (χ0) is 19.6. The average Bonchev–Trinajstić information content (AvgIpc) is 2.61. The largest absolute Gasteiger partial charge is 0.418 e. The number of hydrogen-bond donors (Lipinski definition) is 2. The predicted octanol–water partition coefficient (Wildman–Crippen LogP) is 3.97. The Morgan fingerprint density at radius 3 is 2.41 bits per heavy atom. The molecule has 2 aromatic rings. The van der Waals surface area contributed by atoms with Crippen LogP contribution < -0.4 is 10.6 Å². The molecule has 0 fully saturated rings. The summed E-state index contributed by atoms with van der Waals surface area (Å²) in [6, 6.07) is 9.86. The highest BCUT2D eigenvalue weighted by atomic mass is 19.4. The first-order valence-corrected chi connectivity index (χ1v) is 7.98. The van der Waals surface area contributed by atoms with E-state index in [2.05, 4.69) is 10.6 Å². The molecule has 1 atom stereocenters. The summed E-state index contributed by atoms with van der Waals surface area (Å²) in [5, 5.41) is 4.66. The Bertz CT molecular complexity index is 905. The normalized spacial score (nSPS) is 17.1. The van der Waals surface area contributed by atoms with Gasteiger partial charge in [-0.05, 0) is 29.8 Å². The number of benzene rings is 2. The van der Waals surface area contributed by atoms with Crippen LogP contribution in [0.3, 0.4) is 0 Å². The van der Waals surface area contributed by atoms with E-state index in [9.17, 15) is 27.2 Å². The summed E-state index contributed by atoms with van der Waals surface area (Å²) in [6.45, 7) is 0. The van der Waals surface area contributed by atoms with Gasteiger partial charge in [-0.1, -0.05) is 24.3 Å². The monoisotopic (exact) mass is 378 g/mol. The first-order chi connectivity index (χ1) is 12.8. The summed E-state index contributed by atoms with van der Waals surface area (Å²) < 4.78 is 52.5. The SMILES string of the molecule is O=C1CC(c2ccc(F)cc2)C(C(=O)Nc2ccccc2C(F)(F)F)=CN1. The Morgan fingerprint density at radius 2 is 1.74 bits per heavy atom. The van der Waals surface area contributed by atoms with Crippen molar-refractivity contribution in [3.8, 4) is 0 Å². The molecule has 1 aliphatic heterocycles. The smallest absolute Gasteiger partial charge is 0.332 e. The molecule has 0 spiro atoms. The van der Waals surface area contributed by atoms with Gasteiger partial charge in [0, 0.05) is 24.1 Å². The highest BCUT2D eigenvalue weighted by Crippen LogP contribution is 2.36. The van der Waals surface area contributed by atoms with Crippen LogP contribution in [-0.2, 0) is 15.8 Å². The molecule has 1 aliphatic rings. The lowest BCUT2D eigenvalue weighted by molar-refractivity contribution is -0.137. The van der Waals surface area contributed by atoms with Gasteiger partial charge < -0.3 is 10.6 Å². The molecule has 3 rings (SSSR count). The number of alkyl halides is 3. The van der Waals surface area contributed by atoms with Crippen molar-refractivity contribution in [2.24, 2.45) is 0 Å². The van der Waals surface area contributed by atoms with Crippen molar-refractivity contribution < 1.29 is 27.2 Å². The Morgan fingerprint density at radius 1 is 1.07 bits per heavy atom. The third-order valence-corrected chi connectivity index (χ3v) is 4.17. The summed E-state index contributed by atoms with van der Waals surface area (Å²) >= 11 is 0. The van der Waals surface area contributed by atoms with Gasteiger partial charge in [-0.3, -0.25) is 9.59 Å². The summed E-state index contributed by atoms with van der Waals surface area (Å²) in [4.78, 5) is 24.3. The topological polar surface area (TPSA) is 58.2 Å². The van der Waals surface area contributed by atoms with Gasteiger partial charge in [0.1, 0.15) is 5.82 Å². The second kappa shape index (κ2) is 7.22. The van der Waals surface area contributed by atoms with Gasteiger partial charge >= 0.3 is 6.18 Å². The van der Waals surface area contributed by atoms with Crippen molar-refractivity contribution in [3.05, 3.63) is 77.2 Å². The van der Waals surface area contributed by atoms with Crippen LogP contribution in [0.2, 0.25) is 0 Å². The van der Waals surface area contributed by atoms with Crippen LogP contribution in [-0.4, -0.2) is 11.8 Å². The molecule has 0 radical (unpaired) electrons. The van der Waals surface area contributed by atoms with Crippen LogP contribution in [0, 0.1) is 5.82 Å². The molecule has 1 unspecified atom stereocenters. The third kappa shape index (κ3) is 4.16. The molecular formula is C19H14F4N2O2. The lowest BCUT2D eigenvalue weighted by Crippen LogP contribution is -2.32.